The first-order chi connectivity index (χ1) is 19.7. The van der Waals surface area contributed by atoms with Gasteiger partial charge in [0.05, 0.1) is 11.2 Å². The third-order valence-corrected chi connectivity index (χ3v) is 9.64. The van der Waals surface area contributed by atoms with E-state index in [1.807, 2.05) is 12.1 Å². The van der Waals surface area contributed by atoms with Crippen LogP contribution in [0.3, 0.4) is 0 Å². The standard InChI is InChI=1S/C36H42O5/c1-23(2)29-11-7-25(5)35(19-29,17-27-9-13-31-33(15-27)39-21-37-31)41-36(20-30(24(3)4)12-8-26(36)6)18-28-10-14-32-34(16-28)40-22-38-32/h7-10,13-16,29-30H,1,3,11-12,17-22H2,2,4-6H3. The maximum atomic E-state index is 7.78. The highest BCUT2D eigenvalue weighted by molar-refractivity contribution is 5.47. The molecule has 0 radical (unpaired) electrons. The Labute approximate surface area is 244 Å². The van der Waals surface area contributed by atoms with E-state index in [-0.39, 0.29) is 13.6 Å². The summed E-state index contributed by atoms with van der Waals surface area (Å²) >= 11 is 0. The fourth-order valence-electron chi connectivity index (χ4n) is 6.92. The Morgan fingerprint density at radius 1 is 0.707 bits per heavy atom. The molecule has 2 aromatic carbocycles. The molecule has 5 nitrogen and oxygen atoms in total. The number of fused-ring (bicyclic) bond motifs is 2. The average molecular weight is 555 g/mol. The van der Waals surface area contributed by atoms with E-state index in [4.69, 9.17) is 23.7 Å². The minimum Gasteiger partial charge on any atom is -0.454 e. The van der Waals surface area contributed by atoms with Gasteiger partial charge in [0.15, 0.2) is 23.0 Å². The zero-order valence-electron chi connectivity index (χ0n) is 24.9. The average Bonchev–Trinajstić information content (AvgIpc) is 3.60. The Morgan fingerprint density at radius 3 is 1.54 bits per heavy atom. The Balaban J connectivity index is 1.44. The summed E-state index contributed by atoms with van der Waals surface area (Å²) in [6.07, 6.45) is 9.98. The normalized spacial score (nSPS) is 28.2. The van der Waals surface area contributed by atoms with E-state index in [1.165, 1.54) is 33.4 Å². The second kappa shape index (κ2) is 10.8. The number of benzene rings is 2. The molecule has 0 amide bonds. The zero-order valence-corrected chi connectivity index (χ0v) is 24.9. The molecule has 5 heteroatoms. The van der Waals surface area contributed by atoms with Gasteiger partial charge in [0.1, 0.15) is 0 Å². The predicted molar refractivity (Wildman–Crippen MR) is 162 cm³/mol. The highest BCUT2D eigenvalue weighted by Gasteiger charge is 2.49. The molecule has 4 unspecified atom stereocenters. The van der Waals surface area contributed by atoms with Crippen molar-refractivity contribution >= 4 is 0 Å². The van der Waals surface area contributed by atoms with Crippen LogP contribution in [-0.2, 0) is 17.6 Å². The van der Waals surface area contributed by atoms with Crippen LogP contribution in [0, 0.1) is 11.8 Å². The molecule has 0 saturated heterocycles. The lowest BCUT2D eigenvalue weighted by molar-refractivity contribution is -0.140. The van der Waals surface area contributed by atoms with Crippen LogP contribution in [0.1, 0.15) is 64.5 Å². The summed E-state index contributed by atoms with van der Waals surface area (Å²) in [4.78, 5) is 0. The van der Waals surface area contributed by atoms with E-state index < -0.39 is 11.2 Å². The molecule has 2 aliphatic heterocycles. The first-order valence-corrected chi connectivity index (χ1v) is 14.8. The summed E-state index contributed by atoms with van der Waals surface area (Å²) in [6.45, 7) is 18.1. The molecule has 6 rings (SSSR count). The van der Waals surface area contributed by atoms with Crippen molar-refractivity contribution < 1.29 is 23.7 Å². The van der Waals surface area contributed by atoms with Crippen LogP contribution < -0.4 is 18.9 Å². The minimum absolute atomic E-state index is 0.266. The highest BCUT2D eigenvalue weighted by Crippen LogP contribution is 2.50. The highest BCUT2D eigenvalue weighted by atomic mass is 16.7. The molecule has 0 bridgehead atoms. The van der Waals surface area contributed by atoms with Gasteiger partial charge < -0.3 is 23.7 Å². The number of ether oxygens (including phenoxy) is 5. The number of rotatable bonds is 8. The molecule has 0 aromatic heterocycles. The lowest BCUT2D eigenvalue weighted by atomic mass is 9.69. The van der Waals surface area contributed by atoms with Crippen LogP contribution in [0.4, 0.5) is 0 Å². The van der Waals surface area contributed by atoms with Crippen molar-refractivity contribution in [1.82, 2.24) is 0 Å². The van der Waals surface area contributed by atoms with E-state index in [2.05, 4.69) is 77.3 Å². The molecule has 4 aliphatic rings. The monoisotopic (exact) mass is 554 g/mol. The van der Waals surface area contributed by atoms with E-state index in [0.717, 1.165) is 61.5 Å². The maximum Gasteiger partial charge on any atom is 0.231 e. The summed E-state index contributed by atoms with van der Waals surface area (Å²) in [5.41, 5.74) is 6.29. The van der Waals surface area contributed by atoms with Crippen LogP contribution in [0.5, 0.6) is 23.0 Å². The third kappa shape index (κ3) is 5.32. The molecule has 41 heavy (non-hydrogen) atoms. The van der Waals surface area contributed by atoms with Crippen LogP contribution >= 0.6 is 0 Å². The summed E-state index contributed by atoms with van der Waals surface area (Å²) in [6, 6.07) is 12.6. The van der Waals surface area contributed by atoms with Gasteiger partial charge in [-0.1, -0.05) is 48.6 Å². The first kappa shape index (κ1) is 27.7. The van der Waals surface area contributed by atoms with Gasteiger partial charge in [-0.25, -0.2) is 0 Å². The molecule has 2 aliphatic carbocycles. The molecular weight excluding hydrogens is 512 g/mol. The van der Waals surface area contributed by atoms with E-state index in [9.17, 15) is 0 Å². The third-order valence-electron chi connectivity index (χ3n) is 9.64. The topological polar surface area (TPSA) is 46.2 Å². The molecule has 0 N–H and O–H groups in total. The summed E-state index contributed by atoms with van der Waals surface area (Å²) < 4.78 is 30.5. The van der Waals surface area contributed by atoms with Crippen LogP contribution in [0.25, 0.3) is 0 Å². The second-order valence-electron chi connectivity index (χ2n) is 12.6. The number of allylic oxidation sites excluding steroid dienone is 4. The Bertz CT molecular complexity index is 1330. The fourth-order valence-corrected chi connectivity index (χ4v) is 6.92. The van der Waals surface area contributed by atoms with Crippen molar-refractivity contribution in [2.45, 2.75) is 77.4 Å². The fraction of sp³-hybridized carbons (Fsp3) is 0.444. The lowest BCUT2D eigenvalue weighted by Gasteiger charge is -2.51. The van der Waals surface area contributed by atoms with E-state index in [1.54, 1.807) is 0 Å². The number of hydrogen-bond acceptors (Lipinski definition) is 5. The molecular formula is C36H42O5. The minimum atomic E-state index is -0.516. The second-order valence-corrected chi connectivity index (χ2v) is 12.6. The zero-order chi connectivity index (χ0) is 28.8. The summed E-state index contributed by atoms with van der Waals surface area (Å²) in [7, 11) is 0. The molecule has 2 heterocycles. The van der Waals surface area contributed by atoms with Crippen molar-refractivity contribution in [3.8, 4) is 23.0 Å². The van der Waals surface area contributed by atoms with Crippen molar-refractivity contribution in [2.24, 2.45) is 11.8 Å². The predicted octanol–water partition coefficient (Wildman–Crippen LogP) is 8.29. The van der Waals surface area contributed by atoms with E-state index in [0.29, 0.717) is 11.8 Å². The van der Waals surface area contributed by atoms with Crippen molar-refractivity contribution in [2.75, 3.05) is 13.6 Å². The van der Waals surface area contributed by atoms with Crippen LogP contribution in [0.15, 0.2) is 84.0 Å². The smallest absolute Gasteiger partial charge is 0.231 e. The van der Waals surface area contributed by atoms with E-state index >= 15 is 0 Å². The molecule has 0 fully saturated rings. The van der Waals surface area contributed by atoms with Gasteiger partial charge in [0, 0.05) is 12.8 Å². The van der Waals surface area contributed by atoms with Crippen molar-refractivity contribution in [1.29, 1.82) is 0 Å². The Kier molecular flexibility index (Phi) is 7.27. The van der Waals surface area contributed by atoms with Crippen molar-refractivity contribution in [3.63, 3.8) is 0 Å². The maximum absolute atomic E-state index is 7.78. The first-order valence-electron chi connectivity index (χ1n) is 14.8. The molecule has 0 saturated carbocycles. The van der Waals surface area contributed by atoms with Gasteiger partial charge in [0.25, 0.3) is 0 Å². The van der Waals surface area contributed by atoms with Gasteiger partial charge in [-0.05, 0) is 112 Å². The molecule has 2 aromatic rings. The lowest BCUT2D eigenvalue weighted by Crippen LogP contribution is -2.52. The number of hydrogen-bond donors (Lipinski definition) is 0. The van der Waals surface area contributed by atoms with Crippen molar-refractivity contribution in [3.05, 3.63) is 95.1 Å². The summed E-state index contributed by atoms with van der Waals surface area (Å²) in [5, 5.41) is 0. The largest absolute Gasteiger partial charge is 0.454 e. The quantitative estimate of drug-likeness (QED) is 0.307. The molecule has 4 atom stereocenters. The van der Waals surface area contributed by atoms with Gasteiger partial charge in [-0.3, -0.25) is 0 Å². The Hall–Kier alpha value is -3.44. The van der Waals surface area contributed by atoms with Crippen LogP contribution in [-0.4, -0.2) is 24.8 Å². The van der Waals surface area contributed by atoms with Gasteiger partial charge in [-0.2, -0.15) is 0 Å². The van der Waals surface area contributed by atoms with Crippen LogP contribution in [0.2, 0.25) is 0 Å². The van der Waals surface area contributed by atoms with Gasteiger partial charge in [0.2, 0.25) is 13.6 Å². The molecule has 216 valence electrons. The molecule has 0 spiro atoms. The van der Waals surface area contributed by atoms with Gasteiger partial charge >= 0.3 is 0 Å². The SMILES string of the molecule is C=C(C)C1CC=C(C)C(Cc2ccc3c(c2)OCO3)(OC2(Cc3ccc4c(c3)OCO4)CC(C(=C)C)CC=C2C)C1. The Morgan fingerprint density at radius 2 is 1.12 bits per heavy atom. The summed E-state index contributed by atoms with van der Waals surface area (Å²) in [5.74, 6) is 3.90. The van der Waals surface area contributed by atoms with Gasteiger partial charge in [-0.15, -0.1) is 0 Å².